The maximum Gasteiger partial charge on any atom is 0.414 e. The summed E-state index contributed by atoms with van der Waals surface area (Å²) in [5, 5.41) is 2.89. The summed E-state index contributed by atoms with van der Waals surface area (Å²) in [4.78, 5) is 51.1. The number of nitrogens with one attached hydrogen (secondary N) is 2. The molecule has 256 valence electrons. The number of pyridine rings is 3. The van der Waals surface area contributed by atoms with Crippen LogP contribution in [0.1, 0.15) is 45.9 Å². The van der Waals surface area contributed by atoms with Crippen LogP contribution in [0.3, 0.4) is 0 Å². The molecule has 11 nitrogen and oxygen atoms in total. The number of rotatable bonds is 4. The van der Waals surface area contributed by atoms with E-state index in [0.717, 1.165) is 11.0 Å². The number of alkyl halides is 2. The lowest BCUT2D eigenvalue weighted by Gasteiger charge is -2.25. The van der Waals surface area contributed by atoms with Crippen LogP contribution >= 0.6 is 0 Å². The second-order valence-corrected chi connectivity index (χ2v) is 12.3. The third-order valence-electron chi connectivity index (χ3n) is 7.52. The van der Waals surface area contributed by atoms with Gasteiger partial charge in [0, 0.05) is 75.0 Å². The molecule has 0 unspecified atom stereocenters. The summed E-state index contributed by atoms with van der Waals surface area (Å²) in [7, 11) is 3.05. The number of carbonyl (C=O) groups excluding carboxylic acids is 2. The van der Waals surface area contributed by atoms with Crippen molar-refractivity contribution in [3.8, 4) is 11.1 Å². The Hall–Kier alpha value is -5.05. The monoisotopic (exact) mass is 672 g/mol. The average Bonchev–Trinajstić information content (AvgIpc) is 3.61. The summed E-state index contributed by atoms with van der Waals surface area (Å²) in [5.41, 5.74) is 0.254. The lowest BCUT2D eigenvalue weighted by atomic mass is 10.0. The SMILES string of the molecule is CCOC(=O)c1cn(C)c2ncc(-c3cnc4[nH]c5c(N(C)C(=O)OC(C)(C)C)cc(F)c(F)c5c4c3)cc2c1=O.FC1(F)CCNC1.[HH]. The number of aryl methyl sites for hydroxylation is 1. The topological polar surface area (TPSA) is 131 Å². The molecule has 1 saturated heterocycles. The standard InChI is InChI=1S/C29H27F2N5O5.C4H7F2N.H2/c1-7-40-27(38)18-13-35(5)26-17(24(18)37)9-15(12-33-26)14-8-16-21-22(31)19(30)10-20(23(21)34-25(16)32-11-14)36(6)28(39)41-29(2,3)4;5-4(6)1-2-7-3-4;/h8-13H,7H2,1-6H3,(H,32,34);7H,1-3H2;1H. The Morgan fingerprint density at radius 1 is 1.10 bits per heavy atom. The molecule has 4 aromatic heterocycles. The van der Waals surface area contributed by atoms with E-state index >= 15 is 4.39 Å². The van der Waals surface area contributed by atoms with Gasteiger partial charge in [-0.3, -0.25) is 9.69 Å². The van der Waals surface area contributed by atoms with Crippen molar-refractivity contribution in [1.29, 1.82) is 0 Å². The Morgan fingerprint density at radius 2 is 1.77 bits per heavy atom. The molecule has 1 aliphatic heterocycles. The van der Waals surface area contributed by atoms with E-state index in [1.165, 1.54) is 25.6 Å². The molecule has 48 heavy (non-hydrogen) atoms. The third kappa shape index (κ3) is 6.81. The van der Waals surface area contributed by atoms with Gasteiger partial charge in [0.1, 0.15) is 22.5 Å². The van der Waals surface area contributed by atoms with Crippen molar-refractivity contribution in [1.82, 2.24) is 24.8 Å². The van der Waals surface area contributed by atoms with Crippen molar-refractivity contribution in [3.63, 3.8) is 0 Å². The molecular formula is C33H36F4N6O5. The Kier molecular flexibility index (Phi) is 9.19. The van der Waals surface area contributed by atoms with Gasteiger partial charge in [-0.2, -0.15) is 0 Å². The van der Waals surface area contributed by atoms with Crippen LogP contribution in [-0.4, -0.2) is 69.8 Å². The van der Waals surface area contributed by atoms with E-state index in [0.29, 0.717) is 23.3 Å². The average molecular weight is 673 g/mol. The molecule has 2 N–H and O–H groups in total. The normalized spacial score (nSPS) is 14.2. The molecular weight excluding hydrogens is 636 g/mol. The maximum atomic E-state index is 15.2. The number of ether oxygens (including phenoxy) is 2. The molecule has 1 aliphatic rings. The summed E-state index contributed by atoms with van der Waals surface area (Å²) in [6, 6.07) is 4.06. The van der Waals surface area contributed by atoms with E-state index in [4.69, 9.17) is 9.47 Å². The zero-order valence-electron chi connectivity index (χ0n) is 27.1. The van der Waals surface area contributed by atoms with Crippen LogP contribution in [0.4, 0.5) is 28.0 Å². The minimum absolute atomic E-state index is 0. The number of carbonyl (C=O) groups is 2. The molecule has 15 heteroatoms. The lowest BCUT2D eigenvalue weighted by Crippen LogP contribution is -2.34. The van der Waals surface area contributed by atoms with E-state index in [1.54, 1.807) is 51.4 Å². The van der Waals surface area contributed by atoms with Crippen molar-refractivity contribution in [2.75, 3.05) is 31.6 Å². The van der Waals surface area contributed by atoms with Crippen LogP contribution in [0.5, 0.6) is 0 Å². The van der Waals surface area contributed by atoms with Crippen LogP contribution in [0.2, 0.25) is 0 Å². The number of benzene rings is 1. The molecule has 0 radical (unpaired) electrons. The van der Waals surface area contributed by atoms with Crippen LogP contribution in [0, 0.1) is 11.6 Å². The number of anilines is 1. The highest BCUT2D eigenvalue weighted by atomic mass is 19.3. The molecule has 5 aromatic rings. The zero-order chi connectivity index (χ0) is 35.1. The number of fused-ring (bicyclic) bond motifs is 4. The van der Waals surface area contributed by atoms with Crippen molar-refractivity contribution < 1.29 is 38.1 Å². The number of H-pyrrole nitrogens is 1. The smallest absolute Gasteiger partial charge is 0.414 e. The molecule has 0 spiro atoms. The number of hydrogen-bond donors (Lipinski definition) is 2. The van der Waals surface area contributed by atoms with Crippen LogP contribution < -0.4 is 15.6 Å². The highest BCUT2D eigenvalue weighted by molar-refractivity contribution is 6.13. The second-order valence-electron chi connectivity index (χ2n) is 12.3. The molecule has 0 aliphatic carbocycles. The molecule has 1 aromatic carbocycles. The highest BCUT2D eigenvalue weighted by Gasteiger charge is 2.32. The Balaban J connectivity index is 0.000000602. The quantitative estimate of drug-likeness (QED) is 0.168. The van der Waals surface area contributed by atoms with Crippen molar-refractivity contribution in [3.05, 3.63) is 64.2 Å². The molecule has 0 atom stereocenters. The molecule has 0 saturated carbocycles. The van der Waals surface area contributed by atoms with Gasteiger partial charge >= 0.3 is 12.1 Å². The van der Waals surface area contributed by atoms with Gasteiger partial charge in [0.05, 0.1) is 29.7 Å². The number of hydrogen-bond acceptors (Lipinski definition) is 8. The van der Waals surface area contributed by atoms with Crippen LogP contribution in [0.15, 0.2) is 41.6 Å². The van der Waals surface area contributed by atoms with Gasteiger partial charge < -0.3 is 24.3 Å². The number of esters is 1. The lowest BCUT2D eigenvalue weighted by molar-refractivity contribution is 0.0237. The number of amides is 1. The first-order valence-corrected chi connectivity index (χ1v) is 15.0. The van der Waals surface area contributed by atoms with E-state index in [1.807, 2.05) is 0 Å². The number of aromatic nitrogens is 4. The Labute approximate surface area is 273 Å². The van der Waals surface area contributed by atoms with Crippen LogP contribution in [0.25, 0.3) is 44.1 Å². The highest BCUT2D eigenvalue weighted by Crippen LogP contribution is 2.37. The van der Waals surface area contributed by atoms with Crippen molar-refractivity contribution >= 4 is 50.7 Å². The first-order valence-electron chi connectivity index (χ1n) is 15.0. The van der Waals surface area contributed by atoms with Gasteiger partial charge in [0.25, 0.3) is 5.92 Å². The van der Waals surface area contributed by atoms with Crippen molar-refractivity contribution in [2.24, 2.45) is 7.05 Å². The fourth-order valence-corrected chi connectivity index (χ4v) is 5.22. The molecule has 0 bridgehead atoms. The predicted molar refractivity (Wildman–Crippen MR) is 175 cm³/mol. The Morgan fingerprint density at radius 3 is 2.35 bits per heavy atom. The van der Waals surface area contributed by atoms with Gasteiger partial charge in [0.15, 0.2) is 11.6 Å². The predicted octanol–water partition coefficient (Wildman–Crippen LogP) is 6.32. The summed E-state index contributed by atoms with van der Waals surface area (Å²) in [6.45, 7) is 7.18. The summed E-state index contributed by atoms with van der Waals surface area (Å²) in [5.74, 6) is -5.43. The van der Waals surface area contributed by atoms with Gasteiger partial charge in [-0.25, -0.2) is 37.1 Å². The third-order valence-corrected chi connectivity index (χ3v) is 7.52. The summed E-state index contributed by atoms with van der Waals surface area (Å²) in [6.07, 6.45) is 3.64. The van der Waals surface area contributed by atoms with E-state index in [2.05, 4.69) is 20.3 Å². The first kappa shape index (κ1) is 34.3. The zero-order valence-corrected chi connectivity index (χ0v) is 27.1. The van der Waals surface area contributed by atoms with Crippen molar-refractivity contribution in [2.45, 2.75) is 45.6 Å². The largest absolute Gasteiger partial charge is 0.462 e. The van der Waals surface area contributed by atoms with Gasteiger partial charge in [-0.05, 0) is 39.8 Å². The Bertz CT molecular complexity index is 2120. The van der Waals surface area contributed by atoms with E-state index in [9.17, 15) is 27.6 Å². The number of nitrogens with zero attached hydrogens (tertiary/aromatic N) is 4. The van der Waals surface area contributed by atoms with Crippen LogP contribution in [-0.2, 0) is 16.5 Å². The van der Waals surface area contributed by atoms with Gasteiger partial charge in [0.2, 0.25) is 5.43 Å². The molecule has 6 rings (SSSR count). The van der Waals surface area contributed by atoms with E-state index < -0.39 is 40.6 Å². The fraction of sp³-hybridized carbons (Fsp3) is 0.364. The number of halogens is 4. The summed E-state index contributed by atoms with van der Waals surface area (Å²) >= 11 is 0. The fourth-order valence-electron chi connectivity index (χ4n) is 5.22. The second kappa shape index (κ2) is 12.9. The minimum Gasteiger partial charge on any atom is -0.462 e. The maximum absolute atomic E-state index is 15.2. The van der Waals surface area contributed by atoms with Gasteiger partial charge in [-0.15, -0.1) is 0 Å². The van der Waals surface area contributed by atoms with Gasteiger partial charge in [-0.1, -0.05) is 0 Å². The minimum atomic E-state index is -2.42. The molecule has 5 heterocycles. The molecule has 1 amide bonds. The van der Waals surface area contributed by atoms with E-state index in [-0.39, 0.29) is 59.6 Å². The molecule has 1 fully saturated rings. The first-order chi connectivity index (χ1) is 22.5. The summed E-state index contributed by atoms with van der Waals surface area (Å²) < 4.78 is 65.8. The number of aromatic amines is 1.